The molecule has 0 aliphatic heterocycles. The van der Waals surface area contributed by atoms with Gasteiger partial charge in [0.1, 0.15) is 0 Å². The van der Waals surface area contributed by atoms with Crippen molar-refractivity contribution in [1.29, 1.82) is 0 Å². The molecule has 0 saturated heterocycles. The Bertz CT molecular complexity index is 203. The first-order valence-electron chi connectivity index (χ1n) is 6.05. The second-order valence-electron chi connectivity index (χ2n) is 4.89. The van der Waals surface area contributed by atoms with Crippen LogP contribution in [0.15, 0.2) is 0 Å². The molecule has 0 heterocycles. The highest BCUT2D eigenvalue weighted by atomic mass is 16.5. The van der Waals surface area contributed by atoms with Crippen LogP contribution in [0.2, 0.25) is 0 Å². The van der Waals surface area contributed by atoms with Gasteiger partial charge in [0.05, 0.1) is 12.1 Å². The summed E-state index contributed by atoms with van der Waals surface area (Å²) in [6, 6.07) is 0. The first-order chi connectivity index (χ1) is 7.40. The van der Waals surface area contributed by atoms with Crippen LogP contribution in [0.1, 0.15) is 40.5 Å². The molecule has 0 spiro atoms. The molecule has 3 N–H and O–H groups in total. The Labute approximate surface area is 98.9 Å². The third-order valence-corrected chi connectivity index (χ3v) is 2.27. The average molecular weight is 230 g/mol. The van der Waals surface area contributed by atoms with E-state index in [2.05, 4.69) is 19.2 Å². The van der Waals surface area contributed by atoms with Gasteiger partial charge in [0.25, 0.3) is 0 Å². The highest BCUT2D eigenvalue weighted by Crippen LogP contribution is 2.07. The summed E-state index contributed by atoms with van der Waals surface area (Å²) in [5.41, 5.74) is 5.12. The lowest BCUT2D eigenvalue weighted by Crippen LogP contribution is -2.52. The third kappa shape index (κ3) is 6.80. The summed E-state index contributed by atoms with van der Waals surface area (Å²) in [6.07, 6.45) is 1.61. The fourth-order valence-corrected chi connectivity index (χ4v) is 1.39. The zero-order valence-corrected chi connectivity index (χ0v) is 11.0. The summed E-state index contributed by atoms with van der Waals surface area (Å²) in [4.78, 5) is 11.7. The molecule has 0 fully saturated rings. The molecule has 1 unspecified atom stereocenters. The van der Waals surface area contributed by atoms with Crippen molar-refractivity contribution in [3.8, 4) is 0 Å². The second-order valence-corrected chi connectivity index (χ2v) is 4.89. The minimum Gasteiger partial charge on any atom is -0.379 e. The minimum absolute atomic E-state index is 0.0949. The van der Waals surface area contributed by atoms with E-state index in [-0.39, 0.29) is 5.91 Å². The zero-order valence-electron chi connectivity index (χ0n) is 11.0. The highest BCUT2D eigenvalue weighted by Gasteiger charge is 2.26. The standard InChI is InChI=1S/C12H26N2O2/c1-5-6-12(4,13)11(15)14-7-8-16-9-10(2)3/h10H,5-9,13H2,1-4H3,(H,14,15). The maximum absolute atomic E-state index is 11.7. The number of carbonyl (C=O) groups excluding carboxylic acids is 1. The molecule has 1 amide bonds. The molecule has 1 atom stereocenters. The van der Waals surface area contributed by atoms with Gasteiger partial charge in [-0.3, -0.25) is 4.79 Å². The van der Waals surface area contributed by atoms with Crippen LogP contribution in [0, 0.1) is 5.92 Å². The highest BCUT2D eigenvalue weighted by molar-refractivity contribution is 5.85. The largest absolute Gasteiger partial charge is 0.379 e. The van der Waals surface area contributed by atoms with Crippen molar-refractivity contribution in [3.63, 3.8) is 0 Å². The van der Waals surface area contributed by atoms with Crippen LogP contribution in [0.3, 0.4) is 0 Å². The number of carbonyl (C=O) groups is 1. The van der Waals surface area contributed by atoms with Gasteiger partial charge in [0.2, 0.25) is 5.91 Å². The van der Waals surface area contributed by atoms with E-state index >= 15 is 0 Å². The molecule has 0 aliphatic carbocycles. The zero-order chi connectivity index (χ0) is 12.6. The van der Waals surface area contributed by atoms with E-state index in [1.165, 1.54) is 0 Å². The maximum Gasteiger partial charge on any atom is 0.239 e. The number of hydrogen-bond donors (Lipinski definition) is 2. The molecule has 96 valence electrons. The molecule has 0 aliphatic rings. The summed E-state index contributed by atoms with van der Waals surface area (Å²) in [7, 11) is 0. The van der Waals surface area contributed by atoms with E-state index in [9.17, 15) is 4.79 Å². The van der Waals surface area contributed by atoms with E-state index in [0.717, 1.165) is 13.0 Å². The molecular formula is C12H26N2O2. The molecule has 16 heavy (non-hydrogen) atoms. The van der Waals surface area contributed by atoms with Gasteiger partial charge >= 0.3 is 0 Å². The van der Waals surface area contributed by atoms with Crippen molar-refractivity contribution in [2.45, 2.75) is 46.1 Å². The van der Waals surface area contributed by atoms with Gasteiger partial charge in [0.15, 0.2) is 0 Å². The van der Waals surface area contributed by atoms with Crippen molar-refractivity contribution in [1.82, 2.24) is 5.32 Å². The van der Waals surface area contributed by atoms with Gasteiger partial charge in [-0.1, -0.05) is 27.2 Å². The van der Waals surface area contributed by atoms with Crippen LogP contribution in [-0.4, -0.2) is 31.2 Å². The van der Waals surface area contributed by atoms with Crippen LogP contribution in [-0.2, 0) is 9.53 Å². The first-order valence-corrected chi connectivity index (χ1v) is 6.05. The lowest BCUT2D eigenvalue weighted by atomic mass is 9.97. The predicted octanol–water partition coefficient (Wildman–Crippen LogP) is 1.29. The Morgan fingerprint density at radius 2 is 2.12 bits per heavy atom. The van der Waals surface area contributed by atoms with Crippen LogP contribution >= 0.6 is 0 Å². The molecule has 0 radical (unpaired) electrons. The smallest absolute Gasteiger partial charge is 0.239 e. The van der Waals surface area contributed by atoms with Gasteiger partial charge in [0, 0.05) is 13.2 Å². The van der Waals surface area contributed by atoms with Crippen LogP contribution in [0.5, 0.6) is 0 Å². The van der Waals surface area contributed by atoms with E-state index in [0.29, 0.717) is 25.5 Å². The number of ether oxygens (including phenoxy) is 1. The predicted molar refractivity (Wildman–Crippen MR) is 66.2 cm³/mol. The van der Waals surface area contributed by atoms with Crippen molar-refractivity contribution in [3.05, 3.63) is 0 Å². The molecule has 0 aromatic rings. The first kappa shape index (κ1) is 15.4. The van der Waals surface area contributed by atoms with Crippen molar-refractivity contribution in [2.24, 2.45) is 11.7 Å². The summed E-state index contributed by atoms with van der Waals surface area (Å²) in [5, 5.41) is 2.79. The molecule has 0 aromatic carbocycles. The number of nitrogens with two attached hydrogens (primary N) is 1. The van der Waals surface area contributed by atoms with E-state index < -0.39 is 5.54 Å². The third-order valence-electron chi connectivity index (χ3n) is 2.27. The number of hydrogen-bond acceptors (Lipinski definition) is 3. The topological polar surface area (TPSA) is 64.4 Å². The number of rotatable bonds is 8. The quantitative estimate of drug-likeness (QED) is 0.618. The fraction of sp³-hybridized carbons (Fsp3) is 0.917. The SMILES string of the molecule is CCCC(C)(N)C(=O)NCCOCC(C)C. The summed E-state index contributed by atoms with van der Waals surface area (Å²) >= 11 is 0. The summed E-state index contributed by atoms with van der Waals surface area (Å²) < 4.78 is 5.36. The maximum atomic E-state index is 11.7. The van der Waals surface area contributed by atoms with Gasteiger partial charge in [-0.25, -0.2) is 0 Å². The monoisotopic (exact) mass is 230 g/mol. The molecule has 0 rings (SSSR count). The molecule has 4 nitrogen and oxygen atoms in total. The van der Waals surface area contributed by atoms with Gasteiger partial charge < -0.3 is 15.8 Å². The second kappa shape index (κ2) is 7.63. The molecule has 0 saturated carbocycles. The summed E-state index contributed by atoms with van der Waals surface area (Å²) in [6.45, 7) is 9.78. The van der Waals surface area contributed by atoms with Crippen molar-refractivity contribution in [2.75, 3.05) is 19.8 Å². The van der Waals surface area contributed by atoms with E-state index in [1.54, 1.807) is 6.92 Å². The van der Waals surface area contributed by atoms with Gasteiger partial charge in [-0.15, -0.1) is 0 Å². The fourth-order valence-electron chi connectivity index (χ4n) is 1.39. The molecule has 0 aromatic heterocycles. The Balaban J connectivity index is 3.65. The molecule has 4 heteroatoms. The number of amides is 1. The average Bonchev–Trinajstić information content (AvgIpc) is 2.16. The Kier molecular flexibility index (Phi) is 7.34. The van der Waals surface area contributed by atoms with Crippen LogP contribution in [0.25, 0.3) is 0 Å². The lowest BCUT2D eigenvalue weighted by molar-refractivity contribution is -0.126. The molecular weight excluding hydrogens is 204 g/mol. The normalized spacial score (nSPS) is 14.9. The molecule has 0 bridgehead atoms. The van der Waals surface area contributed by atoms with Gasteiger partial charge in [-0.2, -0.15) is 0 Å². The number of nitrogens with one attached hydrogen (secondary N) is 1. The van der Waals surface area contributed by atoms with Crippen molar-refractivity contribution < 1.29 is 9.53 Å². The van der Waals surface area contributed by atoms with Gasteiger partial charge in [-0.05, 0) is 19.3 Å². The minimum atomic E-state index is -0.757. The Morgan fingerprint density at radius 3 is 2.62 bits per heavy atom. The Morgan fingerprint density at radius 1 is 1.50 bits per heavy atom. The van der Waals surface area contributed by atoms with Crippen LogP contribution < -0.4 is 11.1 Å². The summed E-state index contributed by atoms with van der Waals surface area (Å²) in [5.74, 6) is 0.429. The van der Waals surface area contributed by atoms with E-state index in [4.69, 9.17) is 10.5 Å². The lowest BCUT2D eigenvalue weighted by Gasteiger charge is -2.22. The van der Waals surface area contributed by atoms with E-state index in [1.807, 2.05) is 6.92 Å². The van der Waals surface area contributed by atoms with Crippen molar-refractivity contribution >= 4 is 5.91 Å². The van der Waals surface area contributed by atoms with Crippen LogP contribution in [0.4, 0.5) is 0 Å². The Hall–Kier alpha value is -0.610.